The van der Waals surface area contributed by atoms with Gasteiger partial charge in [-0.15, -0.1) is 0 Å². The Kier molecular flexibility index (Phi) is 11.5. The number of unbranched alkanes of at least 4 members (excludes halogenated alkanes) is 3. The molecule has 2 aliphatic heterocycles. The number of hydrogen-bond acceptors (Lipinski definition) is 8. The summed E-state index contributed by atoms with van der Waals surface area (Å²) in [6.07, 6.45) is 6.85. The number of benzene rings is 4. The molecule has 2 amide bonds. The summed E-state index contributed by atoms with van der Waals surface area (Å²) in [5, 5.41) is 0. The topological polar surface area (TPSA) is 102 Å². The summed E-state index contributed by atoms with van der Waals surface area (Å²) in [4.78, 5) is 40.5. The molecule has 0 spiro atoms. The molecule has 2 heterocycles. The summed E-state index contributed by atoms with van der Waals surface area (Å²) in [7, 11) is 6.34. The predicted octanol–water partition coefficient (Wildman–Crippen LogP) is 7.24. The fourth-order valence-electron chi connectivity index (χ4n) is 6.23. The van der Waals surface area contributed by atoms with Gasteiger partial charge in [0.05, 0.1) is 28.4 Å². The highest BCUT2D eigenvalue weighted by Gasteiger charge is 2.32. The highest BCUT2D eigenvalue weighted by molar-refractivity contribution is 6.20. The van der Waals surface area contributed by atoms with Crippen molar-refractivity contribution in [3.8, 4) is 23.0 Å². The normalized spacial score (nSPS) is 15.7. The zero-order chi connectivity index (χ0) is 36.5. The van der Waals surface area contributed by atoms with E-state index in [1.165, 1.54) is 0 Å². The van der Waals surface area contributed by atoms with Crippen LogP contribution in [0.3, 0.4) is 0 Å². The molecule has 52 heavy (non-hydrogen) atoms. The third-order valence-corrected chi connectivity index (χ3v) is 8.89. The number of rotatable bonds is 15. The van der Waals surface area contributed by atoms with Crippen molar-refractivity contribution in [2.24, 2.45) is 9.98 Å². The van der Waals surface area contributed by atoms with E-state index >= 15 is 0 Å². The average molecular weight is 699 g/mol. The van der Waals surface area contributed by atoms with E-state index in [-0.39, 0.29) is 11.8 Å². The van der Waals surface area contributed by atoms with Gasteiger partial charge in [-0.05, 0) is 60.4 Å². The zero-order valence-electron chi connectivity index (χ0n) is 29.9. The lowest BCUT2D eigenvalue weighted by Gasteiger charge is -2.19. The van der Waals surface area contributed by atoms with Crippen LogP contribution in [-0.4, -0.2) is 74.8 Å². The van der Waals surface area contributed by atoms with Gasteiger partial charge in [0.25, 0.3) is 11.8 Å². The standard InChI is InChI=1S/C42H42N4O6/c1-49-35-21-19-29(27-37(35)51-3)25-33-41(47)45(39(43-33)31-15-9-7-10-16-31)23-13-5-6-14-24-46-40(32-17-11-8-12-18-32)44-34(42(46)48)26-30-20-22-36(50-2)38(28-30)52-4/h7-12,15-22,25-28H,5-6,13-14,23-24H2,1-4H3. The summed E-state index contributed by atoms with van der Waals surface area (Å²) in [6, 6.07) is 30.5. The summed E-state index contributed by atoms with van der Waals surface area (Å²) in [5.41, 5.74) is 4.06. The SMILES string of the molecule is COc1ccc(C=C2N=C(c3ccccc3)N(CCCCCCN3C(=O)C(=Cc4ccc(OC)c(OC)c4)N=C3c3ccccc3)C2=O)cc1OC. The largest absolute Gasteiger partial charge is 0.493 e. The van der Waals surface area contributed by atoms with Crippen LogP contribution in [0.2, 0.25) is 0 Å². The molecular formula is C42H42N4O6. The van der Waals surface area contributed by atoms with E-state index in [0.717, 1.165) is 47.9 Å². The molecule has 0 saturated heterocycles. The van der Waals surface area contributed by atoms with E-state index in [9.17, 15) is 9.59 Å². The minimum Gasteiger partial charge on any atom is -0.493 e. The monoisotopic (exact) mass is 698 g/mol. The number of aliphatic imine (C=N–C) groups is 2. The van der Waals surface area contributed by atoms with E-state index < -0.39 is 0 Å². The lowest BCUT2D eigenvalue weighted by Crippen LogP contribution is -2.34. The van der Waals surface area contributed by atoms with E-state index in [1.54, 1.807) is 50.4 Å². The molecule has 4 aromatic rings. The van der Waals surface area contributed by atoms with Crippen LogP contribution in [0, 0.1) is 0 Å². The summed E-state index contributed by atoms with van der Waals surface area (Å²) < 4.78 is 21.6. The zero-order valence-corrected chi connectivity index (χ0v) is 29.9. The van der Waals surface area contributed by atoms with E-state index in [2.05, 4.69) is 0 Å². The molecule has 0 radical (unpaired) electrons. The fraction of sp³-hybridized carbons (Fsp3) is 0.238. The van der Waals surface area contributed by atoms with Crippen molar-refractivity contribution in [1.29, 1.82) is 0 Å². The third kappa shape index (κ3) is 7.91. The van der Waals surface area contributed by atoms with Crippen LogP contribution in [0.5, 0.6) is 23.0 Å². The third-order valence-electron chi connectivity index (χ3n) is 8.89. The Labute approximate surface area is 304 Å². The van der Waals surface area contributed by atoms with Crippen LogP contribution in [-0.2, 0) is 9.59 Å². The molecule has 0 aliphatic carbocycles. The van der Waals surface area contributed by atoms with Gasteiger partial charge in [0, 0.05) is 24.2 Å². The molecule has 0 N–H and O–H groups in total. The average Bonchev–Trinajstić information content (AvgIpc) is 3.67. The van der Waals surface area contributed by atoms with Crippen molar-refractivity contribution >= 4 is 35.6 Å². The van der Waals surface area contributed by atoms with Crippen LogP contribution in [0.25, 0.3) is 12.2 Å². The first-order chi connectivity index (χ1) is 25.4. The molecule has 266 valence electrons. The van der Waals surface area contributed by atoms with Crippen molar-refractivity contribution < 1.29 is 28.5 Å². The molecule has 6 rings (SSSR count). The van der Waals surface area contributed by atoms with E-state index in [1.807, 2.05) is 97.1 Å². The lowest BCUT2D eigenvalue weighted by atomic mass is 10.1. The number of carbonyl (C=O) groups is 2. The molecule has 0 fully saturated rings. The van der Waals surface area contributed by atoms with Gasteiger partial charge in [0.1, 0.15) is 23.1 Å². The smallest absolute Gasteiger partial charge is 0.278 e. The van der Waals surface area contributed by atoms with Crippen LogP contribution in [0.1, 0.15) is 47.9 Å². The van der Waals surface area contributed by atoms with Gasteiger partial charge in [-0.1, -0.05) is 85.6 Å². The number of carbonyl (C=O) groups excluding carboxylic acids is 2. The maximum atomic E-state index is 13.7. The van der Waals surface area contributed by atoms with Gasteiger partial charge in [-0.2, -0.15) is 0 Å². The van der Waals surface area contributed by atoms with Gasteiger partial charge in [-0.3, -0.25) is 19.4 Å². The fourth-order valence-corrected chi connectivity index (χ4v) is 6.23. The van der Waals surface area contributed by atoms with Crippen molar-refractivity contribution in [3.63, 3.8) is 0 Å². The lowest BCUT2D eigenvalue weighted by molar-refractivity contribution is -0.123. The Hall–Kier alpha value is -6.16. The number of ether oxygens (including phenoxy) is 4. The highest BCUT2D eigenvalue weighted by atomic mass is 16.5. The van der Waals surface area contributed by atoms with Crippen molar-refractivity contribution in [3.05, 3.63) is 131 Å². The summed E-state index contributed by atoms with van der Waals surface area (Å²) in [6.45, 7) is 1.04. The van der Waals surface area contributed by atoms with E-state index in [0.29, 0.717) is 59.2 Å². The first-order valence-corrected chi connectivity index (χ1v) is 17.2. The minimum absolute atomic E-state index is 0.145. The maximum absolute atomic E-state index is 13.7. The van der Waals surface area contributed by atoms with Crippen LogP contribution in [0.4, 0.5) is 0 Å². The second kappa shape index (κ2) is 16.7. The highest BCUT2D eigenvalue weighted by Crippen LogP contribution is 2.31. The molecule has 10 nitrogen and oxygen atoms in total. The molecule has 4 aromatic carbocycles. The van der Waals surface area contributed by atoms with Gasteiger partial charge < -0.3 is 18.9 Å². The van der Waals surface area contributed by atoms with Crippen molar-refractivity contribution in [2.45, 2.75) is 25.7 Å². The molecule has 10 heteroatoms. The maximum Gasteiger partial charge on any atom is 0.278 e. The van der Waals surface area contributed by atoms with Gasteiger partial charge in [0.2, 0.25) is 0 Å². The second-order valence-electron chi connectivity index (χ2n) is 12.2. The number of hydrogen-bond donors (Lipinski definition) is 0. The number of amidine groups is 2. The Morgan fingerprint density at radius 2 is 0.885 bits per heavy atom. The van der Waals surface area contributed by atoms with Crippen LogP contribution < -0.4 is 18.9 Å². The quantitative estimate of drug-likeness (QED) is 0.0959. The van der Waals surface area contributed by atoms with Gasteiger partial charge >= 0.3 is 0 Å². The Bertz CT molecular complexity index is 1890. The van der Waals surface area contributed by atoms with E-state index in [4.69, 9.17) is 28.9 Å². The minimum atomic E-state index is -0.145. The molecule has 0 unspecified atom stereocenters. The molecule has 0 aromatic heterocycles. The van der Waals surface area contributed by atoms with Crippen molar-refractivity contribution in [1.82, 2.24) is 9.80 Å². The van der Waals surface area contributed by atoms with Crippen molar-refractivity contribution in [2.75, 3.05) is 41.5 Å². The Morgan fingerprint density at radius 1 is 0.500 bits per heavy atom. The van der Waals surface area contributed by atoms with Gasteiger partial charge in [0.15, 0.2) is 23.0 Å². The summed E-state index contributed by atoms with van der Waals surface area (Å²) in [5.74, 6) is 3.37. The predicted molar refractivity (Wildman–Crippen MR) is 203 cm³/mol. The number of nitrogens with zero attached hydrogens (tertiary/aromatic N) is 4. The molecule has 0 saturated carbocycles. The summed E-state index contributed by atoms with van der Waals surface area (Å²) >= 11 is 0. The number of methoxy groups -OCH3 is 4. The second-order valence-corrected chi connectivity index (χ2v) is 12.2. The Morgan fingerprint density at radius 3 is 1.25 bits per heavy atom. The molecule has 0 bridgehead atoms. The number of amides is 2. The van der Waals surface area contributed by atoms with Crippen LogP contribution in [0.15, 0.2) is 118 Å². The van der Waals surface area contributed by atoms with Gasteiger partial charge in [-0.25, -0.2) is 9.98 Å². The molecule has 0 atom stereocenters. The van der Waals surface area contributed by atoms with Crippen LogP contribution >= 0.6 is 0 Å². The Balaban J connectivity index is 1.11. The molecular weight excluding hydrogens is 656 g/mol. The first kappa shape index (κ1) is 35.7. The first-order valence-electron chi connectivity index (χ1n) is 17.2. The molecule has 2 aliphatic rings.